The fourth-order valence-electron chi connectivity index (χ4n) is 2.82. The molecule has 4 heteroatoms. The van der Waals surface area contributed by atoms with Crippen molar-refractivity contribution in [2.45, 2.75) is 56.4 Å². The molecule has 0 saturated heterocycles. The van der Waals surface area contributed by atoms with E-state index in [1.165, 1.54) is 12.8 Å². The van der Waals surface area contributed by atoms with E-state index in [1.807, 2.05) is 19.1 Å². The van der Waals surface area contributed by atoms with Gasteiger partial charge in [0.2, 0.25) is 10.0 Å². The van der Waals surface area contributed by atoms with E-state index in [2.05, 4.69) is 0 Å². The lowest BCUT2D eigenvalue weighted by Crippen LogP contribution is -2.37. The zero-order valence-electron chi connectivity index (χ0n) is 11.8. The molecule has 1 aromatic rings. The van der Waals surface area contributed by atoms with Crippen LogP contribution in [0.2, 0.25) is 0 Å². The highest BCUT2D eigenvalue weighted by Gasteiger charge is 2.29. The van der Waals surface area contributed by atoms with Gasteiger partial charge in [-0.2, -0.15) is 4.31 Å². The number of aryl methyl sites for hydroxylation is 1. The average Bonchev–Trinajstić information content (AvgIpc) is 2.67. The Kier molecular flexibility index (Phi) is 4.63. The van der Waals surface area contributed by atoms with Gasteiger partial charge >= 0.3 is 0 Å². The van der Waals surface area contributed by atoms with Gasteiger partial charge in [0.05, 0.1) is 4.90 Å². The smallest absolute Gasteiger partial charge is 0.207 e. The number of hydrogen-bond acceptors (Lipinski definition) is 2. The van der Waals surface area contributed by atoms with Gasteiger partial charge in [-0.05, 0) is 31.4 Å². The summed E-state index contributed by atoms with van der Waals surface area (Å²) < 4.78 is 27.0. The van der Waals surface area contributed by atoms with E-state index in [1.54, 1.807) is 23.5 Å². The van der Waals surface area contributed by atoms with Crippen LogP contribution in [0.25, 0.3) is 0 Å². The second-order valence-electron chi connectivity index (χ2n) is 5.43. The van der Waals surface area contributed by atoms with Crippen LogP contribution in [0.4, 0.5) is 0 Å². The van der Waals surface area contributed by atoms with Crippen molar-refractivity contribution >= 4 is 10.0 Å². The van der Waals surface area contributed by atoms with E-state index in [0.29, 0.717) is 4.90 Å². The first-order valence-electron chi connectivity index (χ1n) is 7.07. The summed E-state index contributed by atoms with van der Waals surface area (Å²) in [6, 6.07) is 7.39. The molecule has 0 heterocycles. The quantitative estimate of drug-likeness (QED) is 0.797. The first kappa shape index (κ1) is 14.5. The monoisotopic (exact) mass is 281 g/mol. The highest BCUT2D eigenvalue weighted by Crippen LogP contribution is 2.26. The summed E-state index contributed by atoms with van der Waals surface area (Å²) >= 11 is 0. The van der Waals surface area contributed by atoms with Crippen molar-refractivity contribution in [2.24, 2.45) is 0 Å². The molecular formula is C15H23NO2S. The third-order valence-corrected chi connectivity index (χ3v) is 6.16. The van der Waals surface area contributed by atoms with Crippen molar-refractivity contribution in [2.75, 3.05) is 7.05 Å². The van der Waals surface area contributed by atoms with Crippen LogP contribution in [0, 0.1) is 6.92 Å². The van der Waals surface area contributed by atoms with Gasteiger partial charge in [-0.15, -0.1) is 0 Å². The molecule has 0 aromatic heterocycles. The van der Waals surface area contributed by atoms with E-state index in [4.69, 9.17) is 0 Å². The van der Waals surface area contributed by atoms with E-state index in [9.17, 15) is 8.42 Å². The van der Waals surface area contributed by atoms with Crippen molar-refractivity contribution in [3.8, 4) is 0 Å². The van der Waals surface area contributed by atoms with Crippen molar-refractivity contribution in [3.63, 3.8) is 0 Å². The normalized spacial score (nSPS) is 18.5. The molecule has 0 N–H and O–H groups in total. The van der Waals surface area contributed by atoms with Crippen LogP contribution < -0.4 is 0 Å². The van der Waals surface area contributed by atoms with Gasteiger partial charge in [0.25, 0.3) is 0 Å². The minimum atomic E-state index is -3.35. The third kappa shape index (κ3) is 3.18. The minimum absolute atomic E-state index is 0.159. The molecule has 106 valence electrons. The summed E-state index contributed by atoms with van der Waals surface area (Å²) in [4.78, 5) is 0.446. The highest BCUT2D eigenvalue weighted by atomic mass is 32.2. The maximum absolute atomic E-state index is 12.7. The molecule has 2 rings (SSSR count). The van der Waals surface area contributed by atoms with Crippen LogP contribution in [0.5, 0.6) is 0 Å². The maximum atomic E-state index is 12.7. The Balaban J connectivity index is 2.26. The van der Waals surface area contributed by atoms with Gasteiger partial charge in [0, 0.05) is 13.1 Å². The molecule has 3 nitrogen and oxygen atoms in total. The lowest BCUT2D eigenvalue weighted by atomic mass is 10.1. The van der Waals surface area contributed by atoms with Crippen LogP contribution in [-0.2, 0) is 10.0 Å². The average molecular weight is 281 g/mol. The summed E-state index contributed by atoms with van der Waals surface area (Å²) in [5.74, 6) is 0. The molecule has 1 aliphatic rings. The second-order valence-corrected chi connectivity index (χ2v) is 7.40. The zero-order chi connectivity index (χ0) is 13.9. The summed E-state index contributed by atoms with van der Waals surface area (Å²) in [5, 5.41) is 0. The number of hydrogen-bond donors (Lipinski definition) is 0. The van der Waals surface area contributed by atoms with E-state index >= 15 is 0 Å². The molecule has 0 bridgehead atoms. The van der Waals surface area contributed by atoms with Crippen LogP contribution in [0.15, 0.2) is 29.2 Å². The maximum Gasteiger partial charge on any atom is 0.243 e. The van der Waals surface area contributed by atoms with Gasteiger partial charge < -0.3 is 0 Å². The third-order valence-electron chi connectivity index (χ3n) is 4.09. The lowest BCUT2D eigenvalue weighted by Gasteiger charge is -2.27. The second kappa shape index (κ2) is 6.06. The van der Waals surface area contributed by atoms with Gasteiger partial charge in [-0.3, -0.25) is 0 Å². The minimum Gasteiger partial charge on any atom is -0.207 e. The van der Waals surface area contributed by atoms with Gasteiger partial charge in [-0.1, -0.05) is 43.9 Å². The van der Waals surface area contributed by atoms with Crippen LogP contribution in [-0.4, -0.2) is 25.8 Å². The van der Waals surface area contributed by atoms with Gasteiger partial charge in [-0.25, -0.2) is 8.42 Å². The van der Waals surface area contributed by atoms with Crippen molar-refractivity contribution in [3.05, 3.63) is 29.8 Å². The molecule has 0 radical (unpaired) electrons. The fourth-order valence-corrected chi connectivity index (χ4v) is 4.46. The van der Waals surface area contributed by atoms with Crippen LogP contribution in [0.1, 0.15) is 44.1 Å². The zero-order valence-corrected chi connectivity index (χ0v) is 12.6. The Morgan fingerprint density at radius 2 is 1.63 bits per heavy atom. The van der Waals surface area contributed by atoms with Crippen molar-refractivity contribution in [1.29, 1.82) is 0 Å². The molecule has 1 saturated carbocycles. The number of benzene rings is 1. The highest BCUT2D eigenvalue weighted by molar-refractivity contribution is 7.89. The summed E-state index contributed by atoms with van der Waals surface area (Å²) in [6.45, 7) is 1.85. The largest absolute Gasteiger partial charge is 0.243 e. The SMILES string of the molecule is Cc1ccccc1S(=O)(=O)N(C)C1CCCCCC1. The first-order valence-corrected chi connectivity index (χ1v) is 8.51. The van der Waals surface area contributed by atoms with Crippen LogP contribution >= 0.6 is 0 Å². The van der Waals surface area contributed by atoms with E-state index in [-0.39, 0.29) is 6.04 Å². The number of nitrogens with zero attached hydrogens (tertiary/aromatic N) is 1. The van der Waals surface area contributed by atoms with Crippen molar-refractivity contribution < 1.29 is 8.42 Å². The lowest BCUT2D eigenvalue weighted by molar-refractivity contribution is 0.335. The Morgan fingerprint density at radius 1 is 1.05 bits per heavy atom. The van der Waals surface area contributed by atoms with Gasteiger partial charge in [0.15, 0.2) is 0 Å². The van der Waals surface area contributed by atoms with Crippen molar-refractivity contribution in [1.82, 2.24) is 4.31 Å². The molecule has 19 heavy (non-hydrogen) atoms. The predicted molar refractivity (Wildman–Crippen MR) is 77.6 cm³/mol. The molecule has 0 atom stereocenters. The summed E-state index contributed by atoms with van der Waals surface area (Å²) in [6.07, 6.45) is 6.71. The van der Waals surface area contributed by atoms with Crippen LogP contribution in [0.3, 0.4) is 0 Å². The topological polar surface area (TPSA) is 37.4 Å². The first-order chi connectivity index (χ1) is 9.03. The number of sulfonamides is 1. The Labute approximate surface area is 116 Å². The molecule has 1 aliphatic carbocycles. The Morgan fingerprint density at radius 3 is 2.21 bits per heavy atom. The van der Waals surface area contributed by atoms with E-state index in [0.717, 1.165) is 31.2 Å². The predicted octanol–water partition coefficient (Wildman–Crippen LogP) is 3.34. The Bertz CT molecular complexity index is 517. The molecule has 0 spiro atoms. The van der Waals surface area contributed by atoms with Gasteiger partial charge in [0.1, 0.15) is 0 Å². The summed E-state index contributed by atoms with van der Waals surface area (Å²) in [5.41, 5.74) is 0.822. The molecule has 0 amide bonds. The molecule has 1 aromatic carbocycles. The molecule has 0 unspecified atom stereocenters. The molecule has 1 fully saturated rings. The number of rotatable bonds is 3. The Hall–Kier alpha value is -0.870. The van der Waals surface area contributed by atoms with E-state index < -0.39 is 10.0 Å². The fraction of sp³-hybridized carbons (Fsp3) is 0.600. The summed E-state index contributed by atoms with van der Waals surface area (Å²) in [7, 11) is -1.62. The molecule has 0 aliphatic heterocycles. The standard InChI is InChI=1S/C15H23NO2S/c1-13-9-7-8-12-15(13)19(17,18)16(2)14-10-5-3-4-6-11-14/h7-9,12,14H,3-6,10-11H2,1-2H3. The molecular weight excluding hydrogens is 258 g/mol.